The van der Waals surface area contributed by atoms with Crippen LogP contribution in [0.25, 0.3) is 0 Å². The molecule has 0 saturated carbocycles. The molecule has 25 heavy (non-hydrogen) atoms. The summed E-state index contributed by atoms with van der Waals surface area (Å²) in [5, 5.41) is 53.4. The second-order valence-electron chi connectivity index (χ2n) is 6.02. The van der Waals surface area contributed by atoms with Gasteiger partial charge in [0, 0.05) is 12.2 Å². The van der Waals surface area contributed by atoms with E-state index >= 15 is 0 Å². The molecule has 0 aromatic carbocycles. The van der Waals surface area contributed by atoms with Gasteiger partial charge < -0.3 is 40.2 Å². The number of carboxylic acids is 2. The van der Waals surface area contributed by atoms with E-state index in [0.717, 1.165) is 0 Å². The Morgan fingerprint density at radius 2 is 0.920 bits per heavy atom. The van der Waals surface area contributed by atoms with Crippen LogP contribution in [0.3, 0.4) is 0 Å². The van der Waals surface area contributed by atoms with Gasteiger partial charge in [0.1, 0.15) is 11.2 Å². The number of aliphatic hydroxyl groups excluding tert-OH is 2. The van der Waals surface area contributed by atoms with Crippen molar-refractivity contribution in [3.8, 4) is 0 Å². The first-order valence-electron chi connectivity index (χ1n) is 7.71. The largest absolute Gasteiger partial charge is 2.00 e. The van der Waals surface area contributed by atoms with Crippen LogP contribution in [0.15, 0.2) is 0 Å². The molecule has 150 valence electrons. The summed E-state index contributed by atoms with van der Waals surface area (Å²) in [6.45, 7) is 12.5. The Morgan fingerprint density at radius 3 is 0.920 bits per heavy atom. The molecule has 8 nitrogen and oxygen atoms in total. The summed E-state index contributed by atoms with van der Waals surface area (Å²) in [6.07, 6.45) is 0.0185. The van der Waals surface area contributed by atoms with E-state index in [0.29, 0.717) is 0 Å². The quantitative estimate of drug-likeness (QED) is 0.416. The van der Waals surface area contributed by atoms with Gasteiger partial charge in [-0.05, 0) is 54.4 Å². The van der Waals surface area contributed by atoms with E-state index in [1.165, 1.54) is 13.8 Å². The Hall–Kier alpha value is -0.506. The summed E-state index contributed by atoms with van der Waals surface area (Å²) >= 11 is 0. The van der Waals surface area contributed by atoms with Crippen LogP contribution in [0, 0.1) is 0 Å². The molecule has 2 unspecified atom stereocenters. The summed E-state index contributed by atoms with van der Waals surface area (Å²) < 4.78 is 0. The van der Waals surface area contributed by atoms with Crippen molar-refractivity contribution in [2.75, 3.05) is 0 Å². The standard InChI is InChI=1S/2C5H10O3.2C3H8O.Ti/c2*1-3-5(2,8)4(6)7;2*1-3(2)4;/h2*8H,3H2,1-2H3,(H,6,7);2*3-4H,1-2H3;/q;;;;+2/p-2. The van der Waals surface area contributed by atoms with E-state index in [1.807, 2.05) is 0 Å². The number of carbonyl (C=O) groups excluding carboxylic acids is 2. The minimum absolute atomic E-state index is 0. The maximum atomic E-state index is 9.89. The van der Waals surface area contributed by atoms with Crippen LogP contribution in [0.1, 0.15) is 68.2 Å². The molecule has 0 heterocycles. The summed E-state index contributed by atoms with van der Waals surface area (Å²) in [5.41, 5.74) is -3.31. The van der Waals surface area contributed by atoms with Crippen LogP contribution in [0.4, 0.5) is 0 Å². The summed E-state index contributed by atoms with van der Waals surface area (Å²) in [4.78, 5) is 19.8. The van der Waals surface area contributed by atoms with Gasteiger partial charge in [0.15, 0.2) is 0 Å². The van der Waals surface area contributed by atoms with Gasteiger partial charge in [-0.2, -0.15) is 0 Å². The number of hydrogen-bond acceptors (Lipinski definition) is 8. The van der Waals surface area contributed by atoms with E-state index in [4.69, 9.17) is 20.4 Å². The molecule has 0 rings (SSSR count). The number of hydrogen-bond donors (Lipinski definition) is 4. The van der Waals surface area contributed by atoms with Crippen LogP contribution in [0.2, 0.25) is 0 Å². The van der Waals surface area contributed by atoms with Gasteiger partial charge in [0.05, 0.1) is 11.9 Å². The van der Waals surface area contributed by atoms with Crippen molar-refractivity contribution in [1.29, 1.82) is 0 Å². The minimum atomic E-state index is -1.65. The van der Waals surface area contributed by atoms with Gasteiger partial charge in [-0.15, -0.1) is 0 Å². The fourth-order valence-corrected chi connectivity index (χ4v) is 0.289. The normalized spacial score (nSPS) is 14.0. The molecule has 0 aliphatic rings. The third kappa shape index (κ3) is 35.5. The number of carboxylic acid groups (broad SMARTS) is 2. The van der Waals surface area contributed by atoms with E-state index in [-0.39, 0.29) is 46.8 Å². The second-order valence-corrected chi connectivity index (χ2v) is 6.02. The van der Waals surface area contributed by atoms with Gasteiger partial charge in [0.2, 0.25) is 0 Å². The second kappa shape index (κ2) is 18.3. The molecular weight excluding hydrogens is 368 g/mol. The van der Waals surface area contributed by atoms with Crippen molar-refractivity contribution < 1.29 is 61.9 Å². The van der Waals surface area contributed by atoms with Gasteiger partial charge >= 0.3 is 21.7 Å². The fraction of sp³-hybridized carbons (Fsp3) is 0.875. The predicted molar refractivity (Wildman–Crippen MR) is 86.6 cm³/mol. The van der Waals surface area contributed by atoms with Crippen LogP contribution >= 0.6 is 0 Å². The van der Waals surface area contributed by atoms with Gasteiger partial charge in [-0.25, -0.2) is 0 Å². The summed E-state index contributed by atoms with van der Waals surface area (Å²) in [5.74, 6) is -2.83. The Morgan fingerprint density at radius 1 is 0.800 bits per heavy atom. The average Bonchev–Trinajstić information content (AvgIpc) is 2.37. The van der Waals surface area contributed by atoms with Crippen molar-refractivity contribution in [2.24, 2.45) is 0 Å². The van der Waals surface area contributed by atoms with E-state index in [2.05, 4.69) is 0 Å². The zero-order valence-electron chi connectivity index (χ0n) is 16.5. The Kier molecular flexibility index (Phi) is 26.0. The zero-order valence-corrected chi connectivity index (χ0v) is 18.1. The van der Waals surface area contributed by atoms with Crippen LogP contribution in [-0.4, -0.2) is 55.8 Å². The topological polar surface area (TPSA) is 161 Å². The van der Waals surface area contributed by atoms with Crippen molar-refractivity contribution in [3.05, 3.63) is 0 Å². The molecule has 0 amide bonds. The first-order valence-corrected chi connectivity index (χ1v) is 7.71. The molecule has 0 bridgehead atoms. The first kappa shape index (κ1) is 35.6. The molecule has 0 radical (unpaired) electrons. The van der Waals surface area contributed by atoms with Crippen LogP contribution < -0.4 is 10.2 Å². The molecule has 0 aliphatic heterocycles. The van der Waals surface area contributed by atoms with Gasteiger partial charge in [-0.3, -0.25) is 0 Å². The van der Waals surface area contributed by atoms with Crippen LogP contribution in [0.5, 0.6) is 0 Å². The molecule has 0 aromatic heterocycles. The molecule has 2 atom stereocenters. The Balaban J connectivity index is -0.0000000739. The molecule has 0 saturated heterocycles. The van der Waals surface area contributed by atoms with Gasteiger partial charge in [-0.1, -0.05) is 13.8 Å². The van der Waals surface area contributed by atoms with E-state index < -0.39 is 23.1 Å². The maximum Gasteiger partial charge on any atom is 2.00 e. The molecule has 0 aliphatic carbocycles. The summed E-state index contributed by atoms with van der Waals surface area (Å²) in [7, 11) is 0. The maximum absolute atomic E-state index is 9.89. The number of aliphatic carboxylic acids is 2. The third-order valence-electron chi connectivity index (χ3n) is 2.26. The molecular formula is C16H34O8Ti. The molecule has 0 spiro atoms. The monoisotopic (exact) mass is 402 g/mol. The van der Waals surface area contributed by atoms with E-state index in [9.17, 15) is 19.8 Å². The van der Waals surface area contributed by atoms with Crippen molar-refractivity contribution in [2.45, 2.75) is 91.6 Å². The predicted octanol–water partition coefficient (Wildman–Crippen LogP) is -1.43. The van der Waals surface area contributed by atoms with E-state index in [1.54, 1.807) is 41.5 Å². The number of rotatable bonds is 4. The van der Waals surface area contributed by atoms with Crippen molar-refractivity contribution >= 4 is 11.9 Å². The number of carbonyl (C=O) groups is 2. The van der Waals surface area contributed by atoms with Gasteiger partial charge in [0.25, 0.3) is 0 Å². The van der Waals surface area contributed by atoms with Crippen LogP contribution in [-0.2, 0) is 31.3 Å². The molecule has 9 heteroatoms. The zero-order chi connectivity index (χ0) is 20.7. The van der Waals surface area contributed by atoms with Crippen molar-refractivity contribution in [1.82, 2.24) is 0 Å². The average molecular weight is 402 g/mol. The SMILES string of the molecule is CC(C)O.CC(C)O.CCC(C)(O)C(=O)[O-].CCC(C)(O)C(=O)[O-].[Ti+2]. The first-order chi connectivity index (χ1) is 10.5. The Labute approximate surface area is 165 Å². The van der Waals surface area contributed by atoms with Crippen molar-refractivity contribution in [3.63, 3.8) is 0 Å². The minimum Gasteiger partial charge on any atom is -0.547 e. The molecule has 0 fully saturated rings. The molecule has 4 N–H and O–H groups in total. The fourth-order valence-electron chi connectivity index (χ4n) is 0.289. The summed E-state index contributed by atoms with van der Waals surface area (Å²) in [6, 6.07) is 0. The number of aliphatic hydroxyl groups is 4. The Bertz CT molecular complexity index is 291. The molecule has 0 aromatic rings. The third-order valence-corrected chi connectivity index (χ3v) is 2.26. The smallest absolute Gasteiger partial charge is 0.547 e.